The van der Waals surface area contributed by atoms with Crippen LogP contribution in [-0.4, -0.2) is 27.8 Å². The van der Waals surface area contributed by atoms with Gasteiger partial charge < -0.3 is 4.90 Å². The third-order valence-corrected chi connectivity index (χ3v) is 5.71. The summed E-state index contributed by atoms with van der Waals surface area (Å²) >= 11 is 1.28. The van der Waals surface area contributed by atoms with Gasteiger partial charge in [-0.3, -0.25) is 14.2 Å². The Morgan fingerprint density at radius 2 is 1.93 bits per heavy atom. The molecule has 4 rings (SSSR count). The molecule has 0 bridgehead atoms. The van der Waals surface area contributed by atoms with Crippen molar-refractivity contribution in [2.45, 2.75) is 31.0 Å². The van der Waals surface area contributed by atoms with Crippen molar-refractivity contribution in [1.29, 1.82) is 0 Å². The largest absolute Gasteiger partial charge is 0.312 e. The molecule has 1 aliphatic carbocycles. The molecule has 5 nitrogen and oxygen atoms in total. The molecule has 0 aliphatic heterocycles. The first-order valence-corrected chi connectivity index (χ1v) is 10.3. The van der Waals surface area contributed by atoms with Crippen LogP contribution in [0.4, 0.5) is 10.1 Å². The minimum atomic E-state index is -0.338. The number of hydrogen-bond donors (Lipinski definition) is 0. The highest BCUT2D eigenvalue weighted by molar-refractivity contribution is 7.99. The number of carbonyl (C=O) groups excluding carboxylic acids is 1. The fraction of sp³-hybridized carbons (Fsp3) is 0.286. The fourth-order valence-electron chi connectivity index (χ4n) is 3.21. The molecule has 3 aromatic rings. The van der Waals surface area contributed by atoms with Crippen LogP contribution in [-0.2, 0) is 4.79 Å². The van der Waals surface area contributed by atoms with E-state index >= 15 is 0 Å². The molecular formula is C21H20FN3O2S. The van der Waals surface area contributed by atoms with Crippen molar-refractivity contribution in [2.75, 3.05) is 17.2 Å². The van der Waals surface area contributed by atoms with Gasteiger partial charge in [-0.15, -0.1) is 0 Å². The Morgan fingerprint density at radius 3 is 2.61 bits per heavy atom. The van der Waals surface area contributed by atoms with Crippen molar-refractivity contribution in [3.05, 3.63) is 64.7 Å². The lowest BCUT2D eigenvalue weighted by molar-refractivity contribution is -0.116. The maximum absolute atomic E-state index is 13.2. The van der Waals surface area contributed by atoms with Gasteiger partial charge in [-0.1, -0.05) is 23.9 Å². The zero-order valence-corrected chi connectivity index (χ0v) is 16.3. The van der Waals surface area contributed by atoms with Gasteiger partial charge in [-0.25, -0.2) is 9.37 Å². The Hall–Kier alpha value is -2.67. The molecule has 0 saturated heterocycles. The molecular weight excluding hydrogens is 377 g/mol. The number of aromatic nitrogens is 2. The SMILES string of the molecule is CCN(C(=O)CSc1nc2ccccc2c(=O)n1C1CC1)c1ccc(F)cc1. The first-order valence-electron chi connectivity index (χ1n) is 9.28. The van der Waals surface area contributed by atoms with Gasteiger partial charge in [0, 0.05) is 18.3 Å². The number of anilines is 1. The topological polar surface area (TPSA) is 55.2 Å². The Bertz CT molecular complexity index is 1080. The zero-order valence-electron chi connectivity index (χ0n) is 15.5. The zero-order chi connectivity index (χ0) is 19.7. The molecule has 144 valence electrons. The summed E-state index contributed by atoms with van der Waals surface area (Å²) in [7, 11) is 0. The second-order valence-corrected chi connectivity index (χ2v) is 7.66. The summed E-state index contributed by atoms with van der Waals surface area (Å²) < 4.78 is 14.9. The van der Waals surface area contributed by atoms with Crippen molar-refractivity contribution in [3.63, 3.8) is 0 Å². The predicted octanol–water partition coefficient (Wildman–Crippen LogP) is 4.02. The standard InChI is InChI=1S/C21H20FN3O2S/c1-2-24(15-9-7-14(22)8-10-15)19(26)13-28-21-23-18-6-4-3-5-17(18)20(27)25(21)16-11-12-16/h3-10,16H,2,11-13H2,1H3. The van der Waals surface area contributed by atoms with Crippen LogP contribution in [0.2, 0.25) is 0 Å². The summed E-state index contributed by atoms with van der Waals surface area (Å²) in [5, 5.41) is 1.18. The number of para-hydroxylation sites is 1. The molecule has 0 atom stereocenters. The lowest BCUT2D eigenvalue weighted by atomic mass is 10.2. The van der Waals surface area contributed by atoms with E-state index < -0.39 is 0 Å². The van der Waals surface area contributed by atoms with Gasteiger partial charge in [0.05, 0.1) is 16.7 Å². The van der Waals surface area contributed by atoms with E-state index in [1.165, 1.54) is 23.9 Å². The maximum atomic E-state index is 13.2. The molecule has 1 heterocycles. The van der Waals surface area contributed by atoms with E-state index in [0.717, 1.165) is 12.8 Å². The number of fused-ring (bicyclic) bond motifs is 1. The summed E-state index contributed by atoms with van der Waals surface area (Å²) in [4.78, 5) is 31.9. The van der Waals surface area contributed by atoms with Crippen LogP contribution < -0.4 is 10.5 Å². The smallest absolute Gasteiger partial charge is 0.262 e. The van der Waals surface area contributed by atoms with Gasteiger partial charge in [-0.2, -0.15) is 0 Å². The molecule has 0 unspecified atom stereocenters. The van der Waals surface area contributed by atoms with Crippen molar-refractivity contribution in [3.8, 4) is 0 Å². The molecule has 0 radical (unpaired) electrons. The monoisotopic (exact) mass is 397 g/mol. The molecule has 0 N–H and O–H groups in total. The maximum Gasteiger partial charge on any atom is 0.262 e. The van der Waals surface area contributed by atoms with Gasteiger partial charge in [0.2, 0.25) is 5.91 Å². The number of benzene rings is 2. The molecule has 1 saturated carbocycles. The highest BCUT2D eigenvalue weighted by atomic mass is 32.2. The minimum Gasteiger partial charge on any atom is -0.312 e. The lowest BCUT2D eigenvalue weighted by Gasteiger charge is -2.21. The highest BCUT2D eigenvalue weighted by Crippen LogP contribution is 2.37. The summed E-state index contributed by atoms with van der Waals surface area (Å²) in [5.74, 6) is -0.290. The van der Waals surface area contributed by atoms with Crippen molar-refractivity contribution in [2.24, 2.45) is 0 Å². The number of halogens is 1. The van der Waals surface area contributed by atoms with Gasteiger partial charge in [0.1, 0.15) is 5.82 Å². The summed E-state index contributed by atoms with van der Waals surface area (Å²) in [6.07, 6.45) is 1.91. The van der Waals surface area contributed by atoms with Crippen molar-refractivity contribution < 1.29 is 9.18 Å². The summed E-state index contributed by atoms with van der Waals surface area (Å²) in [6.45, 7) is 2.35. The molecule has 7 heteroatoms. The van der Waals surface area contributed by atoms with Gasteiger partial charge in [0.15, 0.2) is 5.16 Å². The van der Waals surface area contributed by atoms with Crippen LogP contribution in [0.15, 0.2) is 58.5 Å². The second kappa shape index (κ2) is 7.75. The number of hydrogen-bond acceptors (Lipinski definition) is 4. The van der Waals surface area contributed by atoms with Crippen LogP contribution in [0.25, 0.3) is 10.9 Å². The first kappa shape index (κ1) is 18.7. The van der Waals surface area contributed by atoms with Crippen LogP contribution in [0.3, 0.4) is 0 Å². The summed E-state index contributed by atoms with van der Waals surface area (Å²) in [6, 6.07) is 13.3. The number of amides is 1. The Morgan fingerprint density at radius 1 is 1.21 bits per heavy atom. The van der Waals surface area contributed by atoms with E-state index in [1.807, 2.05) is 25.1 Å². The molecule has 2 aromatic carbocycles. The van der Waals surface area contributed by atoms with Crippen LogP contribution in [0.1, 0.15) is 25.8 Å². The van der Waals surface area contributed by atoms with Gasteiger partial charge in [0.25, 0.3) is 5.56 Å². The third-order valence-electron chi connectivity index (χ3n) is 4.77. The second-order valence-electron chi connectivity index (χ2n) is 6.72. The Kier molecular flexibility index (Phi) is 5.17. The van der Waals surface area contributed by atoms with E-state index in [2.05, 4.69) is 4.98 Å². The van der Waals surface area contributed by atoms with E-state index in [-0.39, 0.29) is 29.1 Å². The van der Waals surface area contributed by atoms with Crippen molar-refractivity contribution >= 4 is 34.3 Å². The van der Waals surface area contributed by atoms with Crippen LogP contribution in [0, 0.1) is 5.82 Å². The average Bonchev–Trinajstić information content (AvgIpc) is 3.53. The number of thioether (sulfide) groups is 1. The first-order chi connectivity index (χ1) is 13.6. The van der Waals surface area contributed by atoms with E-state index in [4.69, 9.17) is 0 Å². The third kappa shape index (κ3) is 3.67. The molecule has 0 spiro atoms. The summed E-state index contributed by atoms with van der Waals surface area (Å²) in [5.41, 5.74) is 1.25. The van der Waals surface area contributed by atoms with E-state index in [0.29, 0.717) is 28.3 Å². The number of rotatable bonds is 6. The van der Waals surface area contributed by atoms with Gasteiger partial charge >= 0.3 is 0 Å². The molecule has 1 amide bonds. The molecule has 1 aliphatic rings. The lowest BCUT2D eigenvalue weighted by Crippen LogP contribution is -2.32. The fourth-order valence-corrected chi connectivity index (χ4v) is 4.15. The van der Waals surface area contributed by atoms with Crippen LogP contribution in [0.5, 0.6) is 0 Å². The average molecular weight is 397 g/mol. The normalized spacial score (nSPS) is 13.6. The molecule has 1 aromatic heterocycles. The number of carbonyl (C=O) groups is 1. The van der Waals surface area contributed by atoms with Crippen LogP contribution >= 0.6 is 11.8 Å². The van der Waals surface area contributed by atoms with Gasteiger partial charge in [-0.05, 0) is 56.2 Å². The highest BCUT2D eigenvalue weighted by Gasteiger charge is 2.29. The predicted molar refractivity (Wildman–Crippen MR) is 109 cm³/mol. The molecule has 1 fully saturated rings. The van der Waals surface area contributed by atoms with Crippen molar-refractivity contribution in [1.82, 2.24) is 9.55 Å². The Balaban J connectivity index is 1.59. The number of nitrogens with zero attached hydrogens (tertiary/aromatic N) is 3. The quantitative estimate of drug-likeness (QED) is 0.466. The van der Waals surface area contributed by atoms with E-state index in [1.54, 1.807) is 27.7 Å². The molecule has 28 heavy (non-hydrogen) atoms. The van der Waals surface area contributed by atoms with E-state index in [9.17, 15) is 14.0 Å². The Labute approximate surface area is 166 Å². The minimum absolute atomic E-state index is 0.0473.